The van der Waals surface area contributed by atoms with E-state index in [1.54, 1.807) is 0 Å². The normalized spacial score (nSPS) is 13.5. The number of hydrogen-bond donors (Lipinski definition) is 6. The summed E-state index contributed by atoms with van der Waals surface area (Å²) in [6, 6.07) is -0.167. The third kappa shape index (κ3) is 6.84. The summed E-state index contributed by atoms with van der Waals surface area (Å²) >= 11 is 0. The molecule has 0 radical (unpaired) electrons. The van der Waals surface area contributed by atoms with Gasteiger partial charge in [-0.2, -0.15) is 0 Å². The molecule has 0 saturated carbocycles. The first-order valence-corrected chi connectivity index (χ1v) is 7.05. The lowest BCUT2D eigenvalue weighted by Crippen LogP contribution is -2.53. The van der Waals surface area contributed by atoms with E-state index in [1.165, 1.54) is 0 Å². The average Bonchev–Trinajstić information content (AvgIpc) is 1.78. The van der Waals surface area contributed by atoms with Crippen LogP contribution in [0.3, 0.4) is 0 Å². The first kappa shape index (κ1) is 12.2. The molecule has 0 spiro atoms. The van der Waals surface area contributed by atoms with E-state index >= 15 is 0 Å². The van der Waals surface area contributed by atoms with Crippen molar-refractivity contribution in [3.63, 3.8) is 0 Å². The number of hydrogen-bond acceptors (Lipinski definition) is 7. The van der Waals surface area contributed by atoms with Crippen LogP contribution in [0.5, 0.6) is 0 Å². The van der Waals surface area contributed by atoms with E-state index in [2.05, 4.69) is 4.12 Å². The van der Waals surface area contributed by atoms with Crippen molar-refractivity contribution in [3.8, 4) is 0 Å². The van der Waals surface area contributed by atoms with Gasteiger partial charge in [0.15, 0.2) is 0 Å². The predicted molar refractivity (Wildman–Crippen MR) is 42.2 cm³/mol. The average molecular weight is 215 g/mol. The Morgan fingerprint density at radius 2 is 1.58 bits per heavy atom. The van der Waals surface area contributed by atoms with E-state index in [1.807, 2.05) is 0 Å². The van der Waals surface area contributed by atoms with E-state index in [0.717, 1.165) is 0 Å². The maximum absolute atomic E-state index is 8.95. The van der Waals surface area contributed by atoms with Crippen molar-refractivity contribution in [3.05, 3.63) is 0 Å². The monoisotopic (exact) mass is 215 g/mol. The summed E-state index contributed by atoms with van der Waals surface area (Å²) in [5.74, 6) is 0. The summed E-state index contributed by atoms with van der Waals surface area (Å²) in [4.78, 5) is 43.0. The Balaban J connectivity index is 3.86. The lowest BCUT2D eigenvalue weighted by Gasteiger charge is -2.20. The topological polar surface area (TPSA) is 136 Å². The minimum absolute atomic E-state index is 0.167. The Hall–Kier alpha value is 0.154. The first-order chi connectivity index (χ1) is 5.27. The smallest absolute Gasteiger partial charge is 0.390 e. The van der Waals surface area contributed by atoms with Crippen molar-refractivity contribution in [2.24, 2.45) is 5.73 Å². The minimum Gasteiger partial charge on any atom is -0.390 e. The highest BCUT2D eigenvalue weighted by Gasteiger charge is 2.45. The Morgan fingerprint density at radius 1 is 1.08 bits per heavy atom. The standard InChI is InChI=1S/C3H13NO6Si2/c4-2-1-3-11(5,6)10-12(7,8)9/h5-9H,1-4H2. The van der Waals surface area contributed by atoms with E-state index in [-0.39, 0.29) is 19.0 Å². The van der Waals surface area contributed by atoms with Crippen LogP contribution >= 0.6 is 0 Å². The summed E-state index contributed by atoms with van der Waals surface area (Å²) < 4.78 is 3.93. The van der Waals surface area contributed by atoms with Crippen LogP contribution in [0.25, 0.3) is 0 Å². The van der Waals surface area contributed by atoms with Crippen molar-refractivity contribution < 1.29 is 28.1 Å². The van der Waals surface area contributed by atoms with Crippen LogP contribution < -0.4 is 5.73 Å². The number of nitrogens with two attached hydrogens (primary N) is 1. The molecule has 0 aromatic carbocycles. The van der Waals surface area contributed by atoms with E-state index in [0.29, 0.717) is 0 Å². The van der Waals surface area contributed by atoms with E-state index in [9.17, 15) is 0 Å². The second-order valence-corrected chi connectivity index (χ2v) is 6.26. The molecule has 0 aliphatic rings. The fourth-order valence-electron chi connectivity index (χ4n) is 0.603. The Labute approximate surface area is 71.5 Å². The van der Waals surface area contributed by atoms with E-state index in [4.69, 9.17) is 29.7 Å². The fraction of sp³-hybridized carbons (Fsp3) is 1.00. The van der Waals surface area contributed by atoms with Gasteiger partial charge in [0.25, 0.3) is 0 Å². The van der Waals surface area contributed by atoms with Gasteiger partial charge >= 0.3 is 17.9 Å². The minimum atomic E-state index is -4.82. The van der Waals surface area contributed by atoms with Crippen LogP contribution in [0.4, 0.5) is 0 Å². The SMILES string of the molecule is NCCC[Si](O)(O)O[Si](O)(O)O. The third-order valence-corrected chi connectivity index (χ3v) is 4.41. The van der Waals surface area contributed by atoms with Crippen LogP contribution in [0.2, 0.25) is 6.04 Å². The third-order valence-electron chi connectivity index (χ3n) is 1.01. The second kappa shape index (κ2) is 4.41. The predicted octanol–water partition coefficient (Wildman–Crippen LogP) is -3.31. The summed E-state index contributed by atoms with van der Waals surface area (Å²) in [7, 11) is -8.95. The molecule has 0 bridgehead atoms. The molecule has 0 unspecified atom stereocenters. The lowest BCUT2D eigenvalue weighted by molar-refractivity contribution is 0.0829. The molecule has 12 heavy (non-hydrogen) atoms. The molecule has 0 fully saturated rings. The summed E-state index contributed by atoms with van der Waals surface area (Å²) in [5.41, 5.74) is 5.07. The molecule has 0 rings (SSSR count). The van der Waals surface area contributed by atoms with Crippen molar-refractivity contribution in [1.82, 2.24) is 0 Å². The molecular formula is C3H13NO6Si2. The first-order valence-electron chi connectivity index (χ1n) is 3.29. The fourth-order valence-corrected chi connectivity index (χ4v) is 3.43. The van der Waals surface area contributed by atoms with Gasteiger partial charge in [0, 0.05) is 6.04 Å². The van der Waals surface area contributed by atoms with Gasteiger partial charge in [-0.05, 0) is 13.0 Å². The van der Waals surface area contributed by atoms with E-state index < -0.39 is 17.9 Å². The molecule has 0 aromatic rings. The van der Waals surface area contributed by atoms with Crippen molar-refractivity contribution in [2.75, 3.05) is 6.54 Å². The zero-order chi connectivity index (χ0) is 9.83. The summed E-state index contributed by atoms with van der Waals surface area (Å²) in [6.45, 7) is 0.232. The molecule has 0 aliphatic carbocycles. The number of rotatable bonds is 5. The molecule has 74 valence electrons. The Morgan fingerprint density at radius 3 is 1.92 bits per heavy atom. The van der Waals surface area contributed by atoms with Gasteiger partial charge in [0.2, 0.25) is 0 Å². The van der Waals surface area contributed by atoms with Gasteiger partial charge in [-0.1, -0.05) is 0 Å². The van der Waals surface area contributed by atoms with Gasteiger partial charge < -0.3 is 33.8 Å². The second-order valence-electron chi connectivity index (χ2n) is 2.31. The molecular weight excluding hydrogens is 202 g/mol. The highest BCUT2D eigenvalue weighted by Crippen LogP contribution is 2.09. The highest BCUT2D eigenvalue weighted by atomic mass is 28.5. The van der Waals surface area contributed by atoms with Crippen LogP contribution in [0, 0.1) is 0 Å². The summed E-state index contributed by atoms with van der Waals surface area (Å²) in [6.07, 6.45) is 0.281. The molecule has 9 heteroatoms. The quantitative estimate of drug-likeness (QED) is 0.264. The zero-order valence-corrected chi connectivity index (χ0v) is 8.34. The highest BCUT2D eigenvalue weighted by molar-refractivity contribution is 6.68. The molecule has 0 amide bonds. The maximum atomic E-state index is 8.95. The maximum Gasteiger partial charge on any atom is 0.663 e. The largest absolute Gasteiger partial charge is 0.663 e. The van der Waals surface area contributed by atoms with Crippen LogP contribution in [-0.2, 0) is 4.12 Å². The van der Waals surface area contributed by atoms with Crippen molar-refractivity contribution in [2.45, 2.75) is 12.5 Å². The molecule has 7 nitrogen and oxygen atoms in total. The molecule has 0 atom stereocenters. The molecule has 0 aliphatic heterocycles. The lowest BCUT2D eigenvalue weighted by atomic mass is 10.5. The van der Waals surface area contributed by atoms with Crippen LogP contribution in [0.15, 0.2) is 0 Å². The molecule has 7 N–H and O–H groups in total. The Kier molecular flexibility index (Phi) is 4.46. The van der Waals surface area contributed by atoms with Gasteiger partial charge in [-0.15, -0.1) is 0 Å². The van der Waals surface area contributed by atoms with Crippen molar-refractivity contribution in [1.29, 1.82) is 0 Å². The Bertz CT molecular complexity index is 135. The van der Waals surface area contributed by atoms with Gasteiger partial charge in [0.1, 0.15) is 0 Å². The van der Waals surface area contributed by atoms with Crippen LogP contribution in [0.1, 0.15) is 6.42 Å². The molecule has 0 aromatic heterocycles. The molecule has 0 heterocycles. The van der Waals surface area contributed by atoms with Gasteiger partial charge in [-0.25, -0.2) is 0 Å². The van der Waals surface area contributed by atoms with Gasteiger partial charge in [-0.3, -0.25) is 0 Å². The zero-order valence-electron chi connectivity index (χ0n) is 6.34. The molecule has 0 saturated heterocycles. The summed E-state index contributed by atoms with van der Waals surface area (Å²) in [5, 5.41) is 0. The van der Waals surface area contributed by atoms with Crippen LogP contribution in [-0.4, -0.2) is 48.4 Å². The van der Waals surface area contributed by atoms with Crippen molar-refractivity contribution >= 4 is 17.9 Å². The van der Waals surface area contributed by atoms with Gasteiger partial charge in [0.05, 0.1) is 0 Å².